The van der Waals surface area contributed by atoms with E-state index in [2.05, 4.69) is 27.7 Å². The summed E-state index contributed by atoms with van der Waals surface area (Å²) in [4.78, 5) is 21.9. The van der Waals surface area contributed by atoms with Crippen LogP contribution in [-0.2, 0) is 9.59 Å². The van der Waals surface area contributed by atoms with E-state index in [4.69, 9.17) is 0 Å². The number of rotatable bonds is 4. The molecule has 1 aliphatic heterocycles. The van der Waals surface area contributed by atoms with Gasteiger partial charge in [0.2, 0.25) is 5.91 Å². The van der Waals surface area contributed by atoms with Crippen molar-refractivity contribution in [3.63, 3.8) is 0 Å². The van der Waals surface area contributed by atoms with Gasteiger partial charge in [0.1, 0.15) is 0 Å². The molecule has 7 heteroatoms. The van der Waals surface area contributed by atoms with Crippen molar-refractivity contribution in [2.24, 2.45) is 16.1 Å². The number of nitrogens with zero attached hydrogens (tertiary/aromatic N) is 2. The van der Waals surface area contributed by atoms with Crippen LogP contribution >= 0.6 is 11.8 Å². The third-order valence-corrected chi connectivity index (χ3v) is 3.94. The standard InChI is InChI=1S/C12H15N3O3S/c16-10(17)6-9-11(18)14-12(19-9)15-13-7-8-4-2-1-3-5-8/h1-2,7-9H,3-6H2,(H,16,17)(H,14,15,18)/p-1/b13-7-/t8-,9+/m1/s1. The van der Waals surface area contributed by atoms with E-state index in [9.17, 15) is 14.7 Å². The molecule has 6 nitrogen and oxygen atoms in total. The topological polar surface area (TPSA) is 93.9 Å². The highest BCUT2D eigenvalue weighted by Gasteiger charge is 2.30. The van der Waals surface area contributed by atoms with Crippen molar-refractivity contribution in [3.05, 3.63) is 12.2 Å². The van der Waals surface area contributed by atoms with Crippen molar-refractivity contribution < 1.29 is 14.7 Å². The average Bonchev–Trinajstić information content (AvgIpc) is 2.70. The fourth-order valence-corrected chi connectivity index (χ4v) is 2.78. The Balaban J connectivity index is 1.87. The summed E-state index contributed by atoms with van der Waals surface area (Å²) in [7, 11) is 0. The highest BCUT2D eigenvalue weighted by molar-refractivity contribution is 8.15. The molecule has 0 unspecified atom stereocenters. The zero-order valence-corrected chi connectivity index (χ0v) is 11.1. The lowest BCUT2D eigenvalue weighted by molar-refractivity contribution is -0.305. The van der Waals surface area contributed by atoms with Crippen LogP contribution in [0.3, 0.4) is 0 Å². The van der Waals surface area contributed by atoms with Crippen LogP contribution in [0.5, 0.6) is 0 Å². The number of carboxylic acids is 1. The number of amides is 1. The highest BCUT2D eigenvalue weighted by Crippen LogP contribution is 2.22. The van der Waals surface area contributed by atoms with E-state index in [1.54, 1.807) is 6.21 Å². The van der Waals surface area contributed by atoms with Crippen LogP contribution in [0.2, 0.25) is 0 Å². The molecule has 2 rings (SSSR count). The van der Waals surface area contributed by atoms with Gasteiger partial charge in [-0.3, -0.25) is 4.79 Å². The zero-order chi connectivity index (χ0) is 13.7. The van der Waals surface area contributed by atoms with Crippen LogP contribution in [0.25, 0.3) is 0 Å². The molecular weight excluding hydrogens is 266 g/mol. The molecule has 19 heavy (non-hydrogen) atoms. The van der Waals surface area contributed by atoms with Gasteiger partial charge >= 0.3 is 0 Å². The molecule has 1 N–H and O–H groups in total. The molecule has 1 saturated heterocycles. The van der Waals surface area contributed by atoms with E-state index in [1.165, 1.54) is 0 Å². The molecule has 0 saturated carbocycles. The molecule has 0 spiro atoms. The SMILES string of the molecule is O=C([O-])C[C@@H]1S/C(=N/N=C\[C@@H]2CC=CCC2)NC1=O. The number of carbonyl (C=O) groups is 2. The number of amidine groups is 1. The Bertz CT molecular complexity index is 459. The number of thioether (sulfide) groups is 1. The summed E-state index contributed by atoms with van der Waals surface area (Å²) < 4.78 is 0. The van der Waals surface area contributed by atoms with Gasteiger partial charge < -0.3 is 15.2 Å². The maximum absolute atomic E-state index is 11.4. The van der Waals surface area contributed by atoms with Crippen molar-refractivity contribution in [1.29, 1.82) is 0 Å². The predicted molar refractivity (Wildman–Crippen MR) is 71.6 cm³/mol. The Morgan fingerprint density at radius 1 is 1.58 bits per heavy atom. The normalized spacial score (nSPS) is 29.1. The van der Waals surface area contributed by atoms with E-state index in [1.807, 2.05) is 0 Å². The smallest absolute Gasteiger partial charge is 0.239 e. The Kier molecular flexibility index (Phi) is 4.73. The van der Waals surface area contributed by atoms with Gasteiger partial charge in [-0.2, -0.15) is 5.10 Å². The van der Waals surface area contributed by atoms with Crippen molar-refractivity contribution in [3.8, 4) is 0 Å². The Morgan fingerprint density at radius 3 is 3.11 bits per heavy atom. The van der Waals surface area contributed by atoms with Crippen LogP contribution in [0, 0.1) is 5.92 Å². The molecular formula is C12H14N3O3S-. The quantitative estimate of drug-likeness (QED) is 0.447. The molecule has 0 aromatic rings. The summed E-state index contributed by atoms with van der Waals surface area (Å²) in [6.45, 7) is 0. The van der Waals surface area contributed by atoms with Crippen molar-refractivity contribution >= 4 is 35.0 Å². The van der Waals surface area contributed by atoms with Crippen LogP contribution in [0.4, 0.5) is 0 Å². The molecule has 1 aliphatic carbocycles. The molecule has 1 heterocycles. The number of hydrogen-bond donors (Lipinski definition) is 1. The van der Waals surface area contributed by atoms with Crippen LogP contribution in [-0.4, -0.2) is 28.5 Å². The molecule has 0 radical (unpaired) electrons. The highest BCUT2D eigenvalue weighted by atomic mass is 32.2. The van der Waals surface area contributed by atoms with E-state index in [-0.39, 0.29) is 12.3 Å². The number of aliphatic carboxylic acids is 1. The minimum absolute atomic E-state index is 0.313. The summed E-state index contributed by atoms with van der Waals surface area (Å²) in [5.74, 6) is -1.22. The van der Waals surface area contributed by atoms with Crippen molar-refractivity contribution in [2.45, 2.75) is 30.9 Å². The first-order chi connectivity index (χ1) is 9.15. The van der Waals surface area contributed by atoms with E-state index >= 15 is 0 Å². The third kappa shape index (κ3) is 4.20. The van der Waals surface area contributed by atoms with E-state index < -0.39 is 11.2 Å². The van der Waals surface area contributed by atoms with Gasteiger partial charge in [0, 0.05) is 18.6 Å². The van der Waals surface area contributed by atoms with Gasteiger partial charge in [-0.05, 0) is 25.2 Å². The zero-order valence-electron chi connectivity index (χ0n) is 10.2. The second-order valence-corrected chi connectivity index (χ2v) is 5.58. The number of carbonyl (C=O) groups excluding carboxylic acids is 2. The first kappa shape index (κ1) is 13.8. The molecule has 102 valence electrons. The second kappa shape index (κ2) is 6.51. The first-order valence-electron chi connectivity index (χ1n) is 6.08. The summed E-state index contributed by atoms with van der Waals surface area (Å²) in [6, 6.07) is 0. The van der Waals surface area contributed by atoms with Crippen LogP contribution in [0.15, 0.2) is 22.4 Å². The van der Waals surface area contributed by atoms with Gasteiger partial charge in [0.05, 0.1) is 5.25 Å². The van der Waals surface area contributed by atoms with Gasteiger partial charge in [0.25, 0.3) is 0 Å². The molecule has 0 aromatic carbocycles. The predicted octanol–water partition coefficient (Wildman–Crippen LogP) is 0.0561. The van der Waals surface area contributed by atoms with E-state index in [0.29, 0.717) is 11.1 Å². The Morgan fingerprint density at radius 2 is 2.42 bits per heavy atom. The third-order valence-electron chi connectivity index (χ3n) is 2.86. The van der Waals surface area contributed by atoms with Crippen LogP contribution < -0.4 is 10.4 Å². The van der Waals surface area contributed by atoms with Gasteiger partial charge in [0.15, 0.2) is 5.17 Å². The molecule has 0 aromatic heterocycles. The fraction of sp³-hybridized carbons (Fsp3) is 0.500. The minimum Gasteiger partial charge on any atom is -0.550 e. The molecule has 0 bridgehead atoms. The lowest BCUT2D eigenvalue weighted by Gasteiger charge is -2.10. The monoisotopic (exact) mass is 280 g/mol. The molecule has 2 atom stereocenters. The maximum atomic E-state index is 11.4. The van der Waals surface area contributed by atoms with Crippen molar-refractivity contribution in [2.75, 3.05) is 0 Å². The van der Waals surface area contributed by atoms with Crippen LogP contribution in [0.1, 0.15) is 25.7 Å². The summed E-state index contributed by atoms with van der Waals surface area (Å²) in [5.41, 5.74) is 0. The largest absolute Gasteiger partial charge is 0.550 e. The number of allylic oxidation sites excluding steroid dienone is 2. The first-order valence-corrected chi connectivity index (χ1v) is 6.96. The van der Waals surface area contributed by atoms with E-state index in [0.717, 1.165) is 31.0 Å². The molecule has 2 aliphatic rings. The maximum Gasteiger partial charge on any atom is 0.239 e. The van der Waals surface area contributed by atoms with Gasteiger partial charge in [-0.1, -0.05) is 23.9 Å². The van der Waals surface area contributed by atoms with Gasteiger partial charge in [-0.15, -0.1) is 5.10 Å². The minimum atomic E-state index is -1.24. The molecule has 1 fully saturated rings. The Hall–Kier alpha value is -1.63. The lowest BCUT2D eigenvalue weighted by atomic mass is 9.96. The molecule has 1 amide bonds. The average molecular weight is 280 g/mol. The number of carboxylic acid groups (broad SMARTS) is 1. The fourth-order valence-electron chi connectivity index (χ4n) is 1.87. The summed E-state index contributed by atoms with van der Waals surface area (Å²) in [6.07, 6.45) is 8.79. The summed E-state index contributed by atoms with van der Waals surface area (Å²) in [5, 5.41) is 20.5. The van der Waals surface area contributed by atoms with Gasteiger partial charge in [-0.25, -0.2) is 0 Å². The lowest BCUT2D eigenvalue weighted by Crippen LogP contribution is -2.31. The number of hydrogen-bond acceptors (Lipinski definition) is 6. The summed E-state index contributed by atoms with van der Waals surface area (Å²) >= 11 is 1.07. The second-order valence-electron chi connectivity index (χ2n) is 4.39. The Labute approximate surface area is 115 Å². The number of nitrogens with one attached hydrogen (secondary N) is 1. The van der Waals surface area contributed by atoms with Crippen molar-refractivity contribution in [1.82, 2.24) is 5.32 Å².